The van der Waals surface area contributed by atoms with Crippen molar-refractivity contribution in [2.24, 2.45) is 0 Å². The van der Waals surface area contributed by atoms with Crippen LogP contribution in [0.4, 0.5) is 34.1 Å². The molecule has 20 nitrogen and oxygen atoms in total. The number of para-hydroxylation sites is 1. The zero-order chi connectivity index (χ0) is 98.9. The van der Waals surface area contributed by atoms with Gasteiger partial charge in [0.25, 0.3) is 0 Å². The van der Waals surface area contributed by atoms with Crippen LogP contribution in [0.5, 0.6) is 0 Å². The summed E-state index contributed by atoms with van der Waals surface area (Å²) < 4.78 is 77.8. The standard InChI is InChI=1S/3C25H25N3O.C22H27N3O.C21H25N3O/c1-14-9-11-19-20-12-10-15(2)26-25(20)29-24(19)23(14)28-16(3)27(4)21-13-22(28)18-8-6-5-7-17(18)21;1-15-8-10-20-21-11-9-16(2)26-25(21)29-24(20)23(15)28-17(3)27-13-12-19(28)14-18-6-4-5-7-22(18)27;1-15-8-10-20-21-11-9-16(2)26-25(21)29-24(20)23(15)28-17(3)27-13-12-22(28)19-7-5-4-6-18(19)14-27;1-13-5-11-18-19-12-6-14(2)23-22(19)26-21(18)20(13)25-15(3)24(4)16-7-9-17(25)10-8-16;1-13-6-8-17-18-9-7-14(2)22-21(18)25-20(17)19(13)24-15(3)23-11-4-5-16(24)10-12-23/h5-12,16,21-22H,13H2,1-4H3;4-11,17,19H,12-14H2,1-3H3;4-11,17,22H,12-14H2,1-3H3;5-6,11-12,15-17H,7-10H2,1-4H3;6-9,15-16H,4-5,10-12H2,1-3H3/i;14D2;14D2,22D;;. The Morgan fingerprint density at radius 1 is 0.297 bits per heavy atom. The maximum Gasteiger partial charge on any atom is 0.227 e. The highest BCUT2D eigenvalue weighted by Gasteiger charge is 2.49. The molecular weight excluding hydrogens is 1710 g/mol. The van der Waals surface area contributed by atoms with E-state index in [9.17, 15) is 4.11 Å². The summed E-state index contributed by atoms with van der Waals surface area (Å²) >= 11 is 0. The molecule has 32 rings (SSSR count). The van der Waals surface area contributed by atoms with Crippen molar-refractivity contribution in [2.75, 3.05) is 69.7 Å². The van der Waals surface area contributed by atoms with Crippen LogP contribution in [-0.2, 0) is 12.9 Å². The number of pyridine rings is 5. The Morgan fingerprint density at radius 2 is 0.652 bits per heavy atom. The molecule has 14 aliphatic rings. The first kappa shape index (κ1) is 82.2. The van der Waals surface area contributed by atoms with Crippen molar-refractivity contribution in [3.63, 3.8) is 0 Å². The normalized spacial score (nSPS) is 26.0. The molecule has 10 bridgehead atoms. The molecule has 12 unspecified atom stereocenters. The summed E-state index contributed by atoms with van der Waals surface area (Å²) in [7, 11) is 4.54. The van der Waals surface area contributed by atoms with Gasteiger partial charge < -0.3 is 51.5 Å². The minimum absolute atomic E-state index is 0.00434. The van der Waals surface area contributed by atoms with Crippen molar-refractivity contribution in [2.45, 2.75) is 254 Å². The summed E-state index contributed by atoms with van der Waals surface area (Å²) in [6.45, 7) is 34.0. The summed E-state index contributed by atoms with van der Waals surface area (Å²) in [6.07, 6.45) is 10.6. The molecule has 704 valence electrons. The number of benzene rings is 8. The zero-order valence-corrected chi connectivity index (χ0v) is 82.5. The van der Waals surface area contributed by atoms with Crippen molar-refractivity contribution >= 4 is 144 Å². The zero-order valence-electron chi connectivity index (χ0n) is 87.5. The smallest absolute Gasteiger partial charge is 0.227 e. The average Bonchev–Trinajstić information content (AvgIpc) is 1.44. The van der Waals surface area contributed by atoms with E-state index < -0.39 is 18.9 Å². The predicted molar refractivity (Wildman–Crippen MR) is 562 cm³/mol. The van der Waals surface area contributed by atoms with E-state index >= 15 is 0 Å². The number of anilines is 6. The Bertz CT molecular complexity index is 8130. The number of furan rings is 5. The van der Waals surface area contributed by atoms with Gasteiger partial charge in [0, 0.05) is 156 Å². The molecule has 1 saturated carbocycles. The first-order valence-electron chi connectivity index (χ1n) is 52.7. The first-order chi connectivity index (χ1) is 68.8. The fraction of sp³-hybridized carbons (Fsp3) is 0.381. The van der Waals surface area contributed by atoms with Crippen molar-refractivity contribution in [3.05, 3.63) is 278 Å². The third-order valence-corrected chi connectivity index (χ3v) is 32.6. The molecule has 8 saturated heterocycles. The van der Waals surface area contributed by atoms with Crippen LogP contribution in [0.15, 0.2) is 216 Å². The lowest BCUT2D eigenvalue weighted by Gasteiger charge is -2.47. The Balaban J connectivity index is 0.0000000966. The Kier molecular flexibility index (Phi) is 20.5. The van der Waals surface area contributed by atoms with E-state index in [0.717, 1.165) is 170 Å². The minimum Gasteiger partial charge on any atom is -0.436 e. The Hall–Kier alpha value is -12.9. The van der Waals surface area contributed by atoms with Crippen molar-refractivity contribution in [1.29, 1.82) is 0 Å². The highest BCUT2D eigenvalue weighted by Crippen LogP contribution is 2.56. The number of aryl methyl sites for hydroxylation is 10. The lowest BCUT2D eigenvalue weighted by atomic mass is 9.91. The van der Waals surface area contributed by atoms with Gasteiger partial charge in [-0.2, -0.15) is 0 Å². The van der Waals surface area contributed by atoms with Crippen LogP contribution in [-0.4, -0.2) is 140 Å². The molecule has 10 aromatic heterocycles. The maximum atomic E-state index is 9.75. The quantitative estimate of drug-likeness (QED) is 0.160. The molecule has 8 aromatic carbocycles. The summed E-state index contributed by atoms with van der Waals surface area (Å²) in [5.41, 5.74) is 30.2. The van der Waals surface area contributed by atoms with Gasteiger partial charge in [-0.05, 0) is 311 Å². The minimum atomic E-state index is -1.66. The largest absolute Gasteiger partial charge is 0.436 e. The number of aromatic nitrogens is 5. The SMILES string of the molecule is Cc1ccc2c(n1)oc1c(N3C4CC(c5ccccc54)N(C)C3C)c(C)ccc12.Cc1ccc2c(n1)oc1c(N3C4CCC(CC4)N(C)C3C)c(C)ccc12.Cc1ccc2c(n1)oc1c(N3C4CCCN(CC4)C3C)c(C)ccc12.[2H]C1([2H])c2ccccc2C2([2H])CCN1C(C)N2c1c(C)ccc2c1oc1nc(C)ccc12.[2H]C1([2H])c2ccccc2N2CCC1N(c1c(C)ccc3c1oc1nc(C)ccc13)C2C. The fourth-order valence-electron chi connectivity index (χ4n) is 25.3. The number of fused-ring (bicyclic) bond motifs is 32. The van der Waals surface area contributed by atoms with Crippen LogP contribution in [0.1, 0.15) is 208 Å². The molecule has 9 fully saturated rings. The highest BCUT2D eigenvalue weighted by molar-refractivity contribution is 6.13. The van der Waals surface area contributed by atoms with Gasteiger partial charge in [0.2, 0.25) is 28.6 Å². The van der Waals surface area contributed by atoms with Crippen LogP contribution < -0.4 is 29.4 Å². The molecule has 22 heterocycles. The van der Waals surface area contributed by atoms with Gasteiger partial charge >= 0.3 is 0 Å². The van der Waals surface area contributed by atoms with Crippen LogP contribution in [0.25, 0.3) is 110 Å². The molecule has 12 atom stereocenters. The van der Waals surface area contributed by atoms with E-state index in [1.807, 2.05) is 114 Å². The molecule has 0 spiro atoms. The van der Waals surface area contributed by atoms with E-state index in [2.05, 4.69) is 272 Å². The highest BCUT2D eigenvalue weighted by atomic mass is 16.4. The second-order valence-corrected chi connectivity index (χ2v) is 40.8. The summed E-state index contributed by atoms with van der Waals surface area (Å²) in [6, 6.07) is 68.1. The lowest BCUT2D eigenvalue weighted by Crippen LogP contribution is -2.56. The van der Waals surface area contributed by atoms with Crippen LogP contribution >= 0.6 is 0 Å². The summed E-state index contributed by atoms with van der Waals surface area (Å²) in [5.74, 6) is 0. The van der Waals surface area contributed by atoms with E-state index in [-0.39, 0.29) is 24.5 Å². The van der Waals surface area contributed by atoms with Gasteiger partial charge in [-0.25, -0.2) is 24.9 Å². The van der Waals surface area contributed by atoms with E-state index in [1.165, 1.54) is 114 Å². The number of nitrogens with zero attached hydrogens (tertiary/aromatic N) is 15. The van der Waals surface area contributed by atoms with E-state index in [1.54, 1.807) is 0 Å². The van der Waals surface area contributed by atoms with Gasteiger partial charge in [-0.15, -0.1) is 0 Å². The van der Waals surface area contributed by atoms with Crippen molar-refractivity contribution < 1.29 is 28.9 Å². The second-order valence-electron chi connectivity index (χ2n) is 40.8. The molecule has 12 aliphatic heterocycles. The fourth-order valence-corrected chi connectivity index (χ4v) is 25.3. The molecule has 20 heteroatoms. The van der Waals surface area contributed by atoms with Gasteiger partial charge in [0.1, 0.15) is 0 Å². The van der Waals surface area contributed by atoms with Gasteiger partial charge in [-0.1, -0.05) is 127 Å². The van der Waals surface area contributed by atoms with E-state index in [0.29, 0.717) is 78.1 Å². The van der Waals surface area contributed by atoms with Crippen LogP contribution in [0, 0.1) is 69.2 Å². The van der Waals surface area contributed by atoms with Crippen LogP contribution in [0.3, 0.4) is 0 Å². The number of rotatable bonds is 5. The number of hydrogen-bond acceptors (Lipinski definition) is 20. The third-order valence-electron chi connectivity index (χ3n) is 32.6. The maximum absolute atomic E-state index is 9.75. The third kappa shape index (κ3) is 14.4. The first-order valence-corrected chi connectivity index (χ1v) is 50.2. The van der Waals surface area contributed by atoms with Gasteiger partial charge in [0.05, 0.1) is 72.7 Å². The van der Waals surface area contributed by atoms with Gasteiger partial charge in [0.15, 0.2) is 27.9 Å². The Labute approximate surface area is 815 Å². The van der Waals surface area contributed by atoms with E-state index in [4.69, 9.17) is 24.8 Å². The molecule has 138 heavy (non-hydrogen) atoms. The molecule has 2 aliphatic carbocycles. The molecule has 18 aromatic rings. The molecule has 0 radical (unpaired) electrons. The predicted octanol–water partition coefficient (Wildman–Crippen LogP) is 26.8. The van der Waals surface area contributed by atoms with Crippen molar-refractivity contribution in [3.8, 4) is 0 Å². The van der Waals surface area contributed by atoms with Crippen LogP contribution in [0.2, 0.25) is 0 Å². The molecular formula is C118H127N15O5. The summed E-state index contributed by atoms with van der Waals surface area (Å²) in [5, 5.41) is 10.8. The monoisotopic (exact) mass is 1840 g/mol. The number of hydrogen-bond donors (Lipinski definition) is 0. The van der Waals surface area contributed by atoms with Gasteiger partial charge in [-0.3, -0.25) is 19.6 Å². The molecule has 0 N–H and O–H groups in total. The molecule has 0 amide bonds. The summed E-state index contributed by atoms with van der Waals surface area (Å²) in [4.78, 5) is 47.2. The second kappa shape index (κ2) is 34.3. The Morgan fingerprint density at radius 3 is 1.12 bits per heavy atom. The van der Waals surface area contributed by atoms with Crippen molar-refractivity contribution in [1.82, 2.24) is 44.5 Å². The average molecular weight is 1840 g/mol. The topological polar surface area (TPSA) is 163 Å². The lowest BCUT2D eigenvalue weighted by molar-refractivity contribution is 0.131.